The molecule has 0 aliphatic heterocycles. The average molecular weight is 267 g/mol. The Hall–Kier alpha value is -1.40. The number of nitro benzene ring substituents is 1. The van der Waals surface area contributed by atoms with Crippen molar-refractivity contribution in [2.24, 2.45) is 0 Å². The Morgan fingerprint density at radius 2 is 2.12 bits per heavy atom. The van der Waals surface area contributed by atoms with Crippen LogP contribution < -0.4 is 5.32 Å². The molecule has 16 heavy (non-hydrogen) atoms. The second kappa shape index (κ2) is 5.09. The van der Waals surface area contributed by atoms with Gasteiger partial charge in [0.15, 0.2) is 4.84 Å². The van der Waals surface area contributed by atoms with Gasteiger partial charge in [-0.25, -0.2) is 4.39 Å². The highest BCUT2D eigenvalue weighted by Crippen LogP contribution is 2.21. The third-order valence-corrected chi connectivity index (χ3v) is 2.01. The van der Waals surface area contributed by atoms with E-state index in [2.05, 4.69) is 0 Å². The highest BCUT2D eigenvalue weighted by Gasteiger charge is 2.16. The lowest BCUT2D eigenvalue weighted by Gasteiger charge is -2.06. The van der Waals surface area contributed by atoms with Crippen LogP contribution in [0.4, 0.5) is 15.8 Å². The maximum Gasteiger partial charge on any atom is 0.271 e. The van der Waals surface area contributed by atoms with Crippen LogP contribution in [0.15, 0.2) is 18.2 Å². The number of rotatable bonds is 3. The molecule has 0 unspecified atom stereocenters. The summed E-state index contributed by atoms with van der Waals surface area (Å²) in [4.78, 5) is 19.3. The van der Waals surface area contributed by atoms with Gasteiger partial charge in [-0.3, -0.25) is 14.9 Å². The molecule has 0 aliphatic carbocycles. The minimum atomic E-state index is -1.38. The number of carbonyl (C=O) groups is 1. The maximum absolute atomic E-state index is 13.1. The molecule has 0 aliphatic rings. The molecule has 0 radical (unpaired) electrons. The largest absolute Gasteiger partial charge is 0.321 e. The number of nitro groups is 1. The van der Waals surface area contributed by atoms with Crippen molar-refractivity contribution in [3.8, 4) is 0 Å². The predicted molar refractivity (Wildman–Crippen MR) is 57.2 cm³/mol. The Bertz CT molecular complexity index is 439. The van der Waals surface area contributed by atoms with Crippen LogP contribution in [0.25, 0.3) is 0 Å². The first-order valence-electron chi connectivity index (χ1n) is 3.95. The van der Waals surface area contributed by atoms with Crippen molar-refractivity contribution in [2.75, 3.05) is 5.32 Å². The number of anilines is 1. The molecule has 8 heteroatoms. The fourth-order valence-electron chi connectivity index (χ4n) is 0.910. The van der Waals surface area contributed by atoms with Crippen LogP contribution in [-0.4, -0.2) is 15.7 Å². The van der Waals surface area contributed by atoms with E-state index in [0.717, 1.165) is 18.2 Å². The molecule has 1 aromatic rings. The minimum Gasteiger partial charge on any atom is -0.321 e. The van der Waals surface area contributed by atoms with Gasteiger partial charge in [-0.1, -0.05) is 23.2 Å². The zero-order valence-corrected chi connectivity index (χ0v) is 9.13. The number of hydrogen-bond donors (Lipinski definition) is 1. The van der Waals surface area contributed by atoms with E-state index in [4.69, 9.17) is 23.2 Å². The number of nitrogens with one attached hydrogen (secondary N) is 1. The normalized spacial score (nSPS) is 10.2. The van der Waals surface area contributed by atoms with Gasteiger partial charge in [-0.15, -0.1) is 0 Å². The molecule has 86 valence electrons. The maximum atomic E-state index is 13.1. The Labute approximate surface area is 99.3 Å². The number of alkyl halides is 2. The third-order valence-electron chi connectivity index (χ3n) is 1.62. The second-order valence-electron chi connectivity index (χ2n) is 2.71. The van der Waals surface area contributed by atoms with Gasteiger partial charge in [0.2, 0.25) is 0 Å². The van der Waals surface area contributed by atoms with Gasteiger partial charge in [0.25, 0.3) is 11.6 Å². The third kappa shape index (κ3) is 3.04. The number of carbonyl (C=O) groups excluding carboxylic acids is 1. The number of nitrogens with zero attached hydrogens (tertiary/aromatic N) is 1. The summed E-state index contributed by atoms with van der Waals surface area (Å²) in [6, 6.07) is 2.72. The summed E-state index contributed by atoms with van der Waals surface area (Å²) in [6.45, 7) is 0. The van der Waals surface area contributed by atoms with E-state index >= 15 is 0 Å². The monoisotopic (exact) mass is 266 g/mol. The van der Waals surface area contributed by atoms with Crippen LogP contribution in [0.3, 0.4) is 0 Å². The lowest BCUT2D eigenvalue weighted by Crippen LogP contribution is -2.19. The molecule has 0 atom stereocenters. The molecular weight excluding hydrogens is 262 g/mol. The Morgan fingerprint density at radius 3 is 2.62 bits per heavy atom. The molecule has 1 rings (SSSR count). The van der Waals surface area contributed by atoms with Crippen molar-refractivity contribution in [3.63, 3.8) is 0 Å². The fraction of sp³-hybridized carbons (Fsp3) is 0.125. The van der Waals surface area contributed by atoms with Crippen molar-refractivity contribution in [3.05, 3.63) is 34.1 Å². The van der Waals surface area contributed by atoms with E-state index in [1.807, 2.05) is 5.32 Å². The molecule has 0 fully saturated rings. The summed E-state index contributed by atoms with van der Waals surface area (Å²) in [6.07, 6.45) is 0. The van der Waals surface area contributed by atoms with Crippen LogP contribution in [0.5, 0.6) is 0 Å². The quantitative estimate of drug-likeness (QED) is 0.519. The Kier molecular flexibility index (Phi) is 4.03. The zero-order chi connectivity index (χ0) is 12.3. The SMILES string of the molecule is O=C(Nc1cc([N+](=O)[O-])ccc1F)C(Cl)Cl. The topological polar surface area (TPSA) is 72.2 Å². The van der Waals surface area contributed by atoms with Gasteiger partial charge in [-0.05, 0) is 6.07 Å². The lowest BCUT2D eigenvalue weighted by atomic mass is 10.2. The standard InChI is InChI=1S/C8H5Cl2FN2O3/c9-7(10)8(14)12-6-3-4(13(15)16)1-2-5(6)11/h1-3,7H,(H,12,14). The first-order chi connectivity index (χ1) is 7.41. The minimum absolute atomic E-state index is 0.342. The fourth-order valence-corrected chi connectivity index (χ4v) is 1.02. The summed E-state index contributed by atoms with van der Waals surface area (Å²) in [5.74, 6) is -1.67. The van der Waals surface area contributed by atoms with Crippen LogP contribution in [-0.2, 0) is 4.79 Å². The van der Waals surface area contributed by atoms with E-state index in [9.17, 15) is 19.3 Å². The van der Waals surface area contributed by atoms with Crippen LogP contribution >= 0.6 is 23.2 Å². The van der Waals surface area contributed by atoms with Gasteiger partial charge in [0.05, 0.1) is 10.6 Å². The first-order valence-corrected chi connectivity index (χ1v) is 4.82. The highest BCUT2D eigenvalue weighted by molar-refractivity contribution is 6.54. The molecule has 0 saturated heterocycles. The van der Waals surface area contributed by atoms with E-state index < -0.39 is 21.5 Å². The molecule has 0 saturated carbocycles. The Morgan fingerprint density at radius 1 is 1.50 bits per heavy atom. The summed E-state index contributed by atoms with van der Waals surface area (Å²) in [5, 5.41) is 12.4. The molecule has 1 amide bonds. The molecule has 5 nitrogen and oxygen atoms in total. The first kappa shape index (κ1) is 12.7. The number of hydrogen-bond acceptors (Lipinski definition) is 3. The second-order valence-corrected chi connectivity index (χ2v) is 3.81. The van der Waals surface area contributed by atoms with E-state index in [-0.39, 0.29) is 11.4 Å². The Balaban J connectivity index is 2.99. The van der Waals surface area contributed by atoms with E-state index in [1.54, 1.807) is 0 Å². The van der Waals surface area contributed by atoms with Crippen molar-refractivity contribution in [1.29, 1.82) is 0 Å². The summed E-state index contributed by atoms with van der Waals surface area (Å²) in [7, 11) is 0. The lowest BCUT2D eigenvalue weighted by molar-refractivity contribution is -0.384. The van der Waals surface area contributed by atoms with Crippen LogP contribution in [0.1, 0.15) is 0 Å². The molecule has 0 heterocycles. The van der Waals surface area contributed by atoms with Gasteiger partial charge in [-0.2, -0.15) is 0 Å². The molecular formula is C8H5Cl2FN2O3. The predicted octanol–water partition coefficient (Wildman–Crippen LogP) is 2.48. The molecule has 0 bridgehead atoms. The van der Waals surface area contributed by atoms with E-state index in [0.29, 0.717) is 0 Å². The average Bonchev–Trinajstić information content (AvgIpc) is 2.20. The number of benzene rings is 1. The van der Waals surface area contributed by atoms with Gasteiger partial charge in [0.1, 0.15) is 5.82 Å². The number of non-ortho nitro benzene ring substituents is 1. The van der Waals surface area contributed by atoms with Crippen LogP contribution in [0.2, 0.25) is 0 Å². The van der Waals surface area contributed by atoms with Gasteiger partial charge < -0.3 is 5.32 Å². The molecule has 0 aromatic heterocycles. The van der Waals surface area contributed by atoms with Crippen molar-refractivity contribution >= 4 is 40.5 Å². The zero-order valence-electron chi connectivity index (χ0n) is 7.62. The van der Waals surface area contributed by atoms with E-state index in [1.165, 1.54) is 0 Å². The highest BCUT2D eigenvalue weighted by atomic mass is 35.5. The summed E-state index contributed by atoms with van der Waals surface area (Å²) in [5.41, 5.74) is -0.692. The van der Waals surface area contributed by atoms with Crippen molar-refractivity contribution in [1.82, 2.24) is 0 Å². The van der Waals surface area contributed by atoms with Gasteiger partial charge >= 0.3 is 0 Å². The molecule has 1 N–H and O–H groups in total. The van der Waals surface area contributed by atoms with Crippen LogP contribution in [0, 0.1) is 15.9 Å². The number of halogens is 3. The smallest absolute Gasteiger partial charge is 0.271 e. The number of amides is 1. The summed E-state index contributed by atoms with van der Waals surface area (Å²) < 4.78 is 13.1. The van der Waals surface area contributed by atoms with Crippen molar-refractivity contribution < 1.29 is 14.1 Å². The van der Waals surface area contributed by atoms with Crippen molar-refractivity contribution in [2.45, 2.75) is 4.84 Å². The summed E-state index contributed by atoms with van der Waals surface area (Å²) >= 11 is 10.5. The van der Waals surface area contributed by atoms with Gasteiger partial charge in [0, 0.05) is 12.1 Å². The molecule has 0 spiro atoms. The molecule has 1 aromatic carbocycles.